The molecule has 2 aromatic carbocycles. The van der Waals surface area contributed by atoms with E-state index in [1.165, 1.54) is 37.3 Å². The van der Waals surface area contributed by atoms with Gasteiger partial charge in [-0.15, -0.1) is 0 Å². The first-order valence-electron chi connectivity index (χ1n) is 9.60. The molecule has 3 aromatic rings. The lowest BCUT2D eigenvalue weighted by molar-refractivity contribution is -0.386. The fourth-order valence-corrected chi connectivity index (χ4v) is 2.91. The Balaban J connectivity index is 1.94. The quantitative estimate of drug-likeness (QED) is 0.276. The van der Waals surface area contributed by atoms with Crippen LogP contribution in [0.25, 0.3) is 12.2 Å². The molecule has 0 unspecified atom stereocenters. The van der Waals surface area contributed by atoms with Crippen LogP contribution in [-0.2, 0) is 6.18 Å². The van der Waals surface area contributed by atoms with Crippen molar-refractivity contribution >= 4 is 23.5 Å². The van der Waals surface area contributed by atoms with E-state index >= 15 is 0 Å². The molecule has 178 valence electrons. The Morgan fingerprint density at radius 1 is 1.03 bits per heavy atom. The molecule has 0 amide bonds. The molecule has 1 heterocycles. The number of nitro groups is 2. The van der Waals surface area contributed by atoms with Crippen LogP contribution in [0, 0.1) is 27.2 Å². The summed E-state index contributed by atoms with van der Waals surface area (Å²) in [5.74, 6) is -0.318. The first-order chi connectivity index (χ1) is 16.0. The van der Waals surface area contributed by atoms with Crippen molar-refractivity contribution in [3.05, 3.63) is 79.2 Å². The summed E-state index contributed by atoms with van der Waals surface area (Å²) >= 11 is 0. The largest absolute Gasteiger partial charge is 0.490 e. The smallest absolute Gasteiger partial charge is 0.416 e. The minimum Gasteiger partial charge on any atom is -0.490 e. The van der Waals surface area contributed by atoms with Crippen LogP contribution in [0.1, 0.15) is 29.5 Å². The third kappa shape index (κ3) is 5.31. The molecule has 0 saturated heterocycles. The van der Waals surface area contributed by atoms with Crippen LogP contribution in [-0.4, -0.2) is 21.6 Å². The van der Waals surface area contributed by atoms with E-state index in [-0.39, 0.29) is 35.2 Å². The van der Waals surface area contributed by atoms with Gasteiger partial charge < -0.3 is 14.0 Å². The van der Waals surface area contributed by atoms with Crippen LogP contribution in [0.15, 0.2) is 40.9 Å². The monoisotopic (exact) mass is 479 g/mol. The average molecular weight is 479 g/mol. The van der Waals surface area contributed by atoms with Gasteiger partial charge in [-0.3, -0.25) is 20.2 Å². The predicted molar refractivity (Wildman–Crippen MR) is 113 cm³/mol. The number of rotatable bonds is 8. The van der Waals surface area contributed by atoms with Gasteiger partial charge in [-0.2, -0.15) is 13.2 Å². The maximum Gasteiger partial charge on any atom is 0.416 e. The number of alkyl halides is 3. The summed E-state index contributed by atoms with van der Waals surface area (Å²) in [6, 6.07) is 6.31. The second-order valence-electron chi connectivity index (χ2n) is 6.75. The third-order valence-corrected chi connectivity index (χ3v) is 4.44. The molecule has 3 rings (SSSR count). The molecule has 0 aliphatic heterocycles. The van der Waals surface area contributed by atoms with E-state index in [1.54, 1.807) is 6.92 Å². The summed E-state index contributed by atoms with van der Waals surface area (Å²) in [7, 11) is 0. The van der Waals surface area contributed by atoms with Crippen molar-refractivity contribution in [2.24, 2.45) is 0 Å². The second kappa shape index (κ2) is 9.60. The number of halogens is 3. The topological polar surface area (TPSA) is 131 Å². The summed E-state index contributed by atoms with van der Waals surface area (Å²) in [6.07, 6.45) is -1.94. The molecule has 0 saturated carbocycles. The fourth-order valence-electron chi connectivity index (χ4n) is 2.91. The van der Waals surface area contributed by atoms with Crippen molar-refractivity contribution in [2.45, 2.75) is 20.0 Å². The Kier molecular flexibility index (Phi) is 6.84. The van der Waals surface area contributed by atoms with Crippen molar-refractivity contribution in [1.29, 1.82) is 0 Å². The van der Waals surface area contributed by atoms with E-state index in [9.17, 15) is 33.4 Å². The number of benzene rings is 2. The second-order valence-corrected chi connectivity index (χ2v) is 6.75. The summed E-state index contributed by atoms with van der Waals surface area (Å²) in [5, 5.41) is 26.0. The number of hydrogen-bond donors (Lipinski definition) is 0. The van der Waals surface area contributed by atoms with E-state index in [0.29, 0.717) is 17.7 Å². The number of ether oxygens (including phenoxy) is 2. The van der Waals surface area contributed by atoms with E-state index in [0.717, 1.165) is 6.07 Å². The summed E-state index contributed by atoms with van der Waals surface area (Å²) in [5.41, 5.74) is -1.72. The molecule has 0 spiro atoms. The zero-order chi connectivity index (χ0) is 25.0. The third-order valence-electron chi connectivity index (χ3n) is 4.44. The van der Waals surface area contributed by atoms with Crippen molar-refractivity contribution in [1.82, 2.24) is 5.16 Å². The Labute approximate surface area is 189 Å². The molecule has 0 bridgehead atoms. The highest BCUT2D eigenvalue weighted by molar-refractivity contribution is 5.73. The summed E-state index contributed by atoms with van der Waals surface area (Å²) in [4.78, 5) is 20.9. The highest BCUT2D eigenvalue weighted by Crippen LogP contribution is 2.40. The van der Waals surface area contributed by atoms with Crippen molar-refractivity contribution in [2.75, 3.05) is 6.61 Å². The first kappa shape index (κ1) is 24.2. The van der Waals surface area contributed by atoms with Gasteiger partial charge in [0.25, 0.3) is 0 Å². The molecular formula is C21H16F3N3O7. The van der Waals surface area contributed by atoms with Crippen LogP contribution < -0.4 is 9.47 Å². The molecule has 0 fully saturated rings. The predicted octanol–water partition coefficient (Wildman–Crippen LogP) is 6.18. The minimum atomic E-state index is -4.76. The number of nitrogens with zero attached hydrogens (tertiary/aromatic N) is 3. The number of aromatic nitrogens is 1. The number of aryl methyl sites for hydroxylation is 1. The molecule has 0 aliphatic rings. The molecule has 0 radical (unpaired) electrons. The standard InChI is InChI=1S/C21H16F3N3O7/c1-3-32-19-10-13(5-8-18-20(27(30)31)12(2)25-34-18)4-7-17(19)33-16-9-6-14(21(22,23)24)11-15(16)26(28)29/h4-11H,3H2,1-2H3/b8-5-. The van der Waals surface area contributed by atoms with Crippen LogP contribution in [0.5, 0.6) is 17.2 Å². The van der Waals surface area contributed by atoms with Gasteiger partial charge in [0.15, 0.2) is 17.2 Å². The van der Waals surface area contributed by atoms with Gasteiger partial charge in [0, 0.05) is 6.07 Å². The maximum absolute atomic E-state index is 12.9. The van der Waals surface area contributed by atoms with Crippen LogP contribution >= 0.6 is 0 Å². The minimum absolute atomic E-state index is 0.0170. The lowest BCUT2D eigenvalue weighted by Gasteiger charge is -2.13. The summed E-state index contributed by atoms with van der Waals surface area (Å²) < 4.78 is 54.7. The van der Waals surface area contributed by atoms with E-state index in [1.807, 2.05) is 0 Å². The highest BCUT2D eigenvalue weighted by atomic mass is 19.4. The van der Waals surface area contributed by atoms with Gasteiger partial charge in [-0.25, -0.2) is 0 Å². The molecular weight excluding hydrogens is 463 g/mol. The maximum atomic E-state index is 12.9. The van der Waals surface area contributed by atoms with E-state index in [4.69, 9.17) is 14.0 Å². The molecule has 1 aromatic heterocycles. The molecule has 0 N–H and O–H groups in total. The zero-order valence-electron chi connectivity index (χ0n) is 17.7. The van der Waals surface area contributed by atoms with Gasteiger partial charge >= 0.3 is 17.6 Å². The summed E-state index contributed by atoms with van der Waals surface area (Å²) in [6.45, 7) is 3.29. The first-order valence-corrected chi connectivity index (χ1v) is 9.60. The Bertz CT molecular complexity index is 1270. The fraction of sp³-hybridized carbons (Fsp3) is 0.190. The van der Waals surface area contributed by atoms with E-state index in [2.05, 4.69) is 5.16 Å². The van der Waals surface area contributed by atoms with E-state index < -0.39 is 33.0 Å². The van der Waals surface area contributed by atoms with Gasteiger partial charge in [0.2, 0.25) is 11.5 Å². The van der Waals surface area contributed by atoms with Crippen LogP contribution in [0.2, 0.25) is 0 Å². The lowest BCUT2D eigenvalue weighted by atomic mass is 10.1. The van der Waals surface area contributed by atoms with Gasteiger partial charge in [-0.05, 0) is 49.8 Å². The Hall–Kier alpha value is -4.42. The zero-order valence-corrected chi connectivity index (χ0v) is 17.7. The highest BCUT2D eigenvalue weighted by Gasteiger charge is 2.33. The van der Waals surface area contributed by atoms with Crippen LogP contribution in [0.3, 0.4) is 0 Å². The Morgan fingerprint density at radius 2 is 1.74 bits per heavy atom. The molecule has 0 atom stereocenters. The lowest BCUT2D eigenvalue weighted by Crippen LogP contribution is -2.06. The Morgan fingerprint density at radius 3 is 2.35 bits per heavy atom. The molecule has 34 heavy (non-hydrogen) atoms. The SMILES string of the molecule is CCOc1cc(/C=C\c2onc(C)c2[N+](=O)[O-])ccc1Oc1ccc(C(F)(F)F)cc1[N+](=O)[O-]. The molecule has 10 nitrogen and oxygen atoms in total. The van der Waals surface area contributed by atoms with Crippen molar-refractivity contribution < 1.29 is 37.0 Å². The van der Waals surface area contributed by atoms with Crippen molar-refractivity contribution in [3.63, 3.8) is 0 Å². The molecule has 13 heteroatoms. The number of hydrogen-bond acceptors (Lipinski definition) is 8. The average Bonchev–Trinajstić information content (AvgIpc) is 3.14. The van der Waals surface area contributed by atoms with Crippen LogP contribution in [0.4, 0.5) is 24.5 Å². The number of nitro benzene ring substituents is 1. The van der Waals surface area contributed by atoms with Crippen molar-refractivity contribution in [3.8, 4) is 17.2 Å². The normalized spacial score (nSPS) is 11.6. The van der Waals surface area contributed by atoms with Gasteiger partial charge in [-0.1, -0.05) is 17.3 Å². The molecule has 0 aliphatic carbocycles. The van der Waals surface area contributed by atoms with Gasteiger partial charge in [0.1, 0.15) is 0 Å². The van der Waals surface area contributed by atoms with Gasteiger partial charge in [0.05, 0.1) is 22.0 Å².